The van der Waals surface area contributed by atoms with Crippen LogP contribution in [0.3, 0.4) is 0 Å². The summed E-state index contributed by atoms with van der Waals surface area (Å²) >= 11 is 0. The second-order valence-corrected chi connectivity index (χ2v) is 10.4. The predicted molar refractivity (Wildman–Crippen MR) is 150 cm³/mol. The molecule has 1 fully saturated rings. The molecule has 4 rings (SSSR count). The number of aryl methyl sites for hydroxylation is 2. The van der Waals surface area contributed by atoms with E-state index in [1.165, 1.54) is 28.7 Å². The number of benzene rings is 3. The Bertz CT molecular complexity index is 1140. The Morgan fingerprint density at radius 1 is 0.730 bits per heavy atom. The van der Waals surface area contributed by atoms with Gasteiger partial charge in [0.25, 0.3) is 0 Å². The maximum absolute atomic E-state index is 14.7. The van der Waals surface area contributed by atoms with Gasteiger partial charge in [-0.25, -0.2) is 4.39 Å². The van der Waals surface area contributed by atoms with Gasteiger partial charge in [-0.05, 0) is 97.1 Å². The van der Waals surface area contributed by atoms with Gasteiger partial charge >= 0.3 is 0 Å². The zero-order valence-electron chi connectivity index (χ0n) is 22.3. The van der Waals surface area contributed by atoms with Crippen molar-refractivity contribution in [1.29, 1.82) is 0 Å². The highest BCUT2D eigenvalue weighted by molar-refractivity contribution is 5.64. The molecule has 3 heteroatoms. The van der Waals surface area contributed by atoms with Crippen molar-refractivity contribution in [3.05, 3.63) is 101 Å². The summed E-state index contributed by atoms with van der Waals surface area (Å²) in [6, 6.07) is 21.1. The van der Waals surface area contributed by atoms with Crippen LogP contribution in [0.5, 0.6) is 5.75 Å². The zero-order valence-corrected chi connectivity index (χ0v) is 22.3. The second kappa shape index (κ2) is 13.6. The van der Waals surface area contributed by atoms with Crippen LogP contribution in [-0.4, -0.2) is 6.61 Å². The van der Waals surface area contributed by atoms with Gasteiger partial charge < -0.3 is 4.74 Å². The van der Waals surface area contributed by atoms with Crippen molar-refractivity contribution in [3.8, 4) is 16.9 Å². The van der Waals surface area contributed by atoms with Crippen molar-refractivity contribution >= 4 is 0 Å². The number of halogens is 2. The van der Waals surface area contributed by atoms with E-state index in [2.05, 4.69) is 67.6 Å². The highest BCUT2D eigenvalue weighted by atomic mass is 19.2. The molecule has 3 aromatic rings. The minimum Gasteiger partial charge on any atom is -0.490 e. The summed E-state index contributed by atoms with van der Waals surface area (Å²) in [7, 11) is 0. The Balaban J connectivity index is 1.22. The molecule has 0 aromatic heterocycles. The molecule has 196 valence electrons. The molecule has 0 radical (unpaired) electrons. The minimum absolute atomic E-state index is 0.0235. The first kappa shape index (κ1) is 27.1. The van der Waals surface area contributed by atoms with Gasteiger partial charge in [-0.15, -0.1) is 0 Å². The average Bonchev–Trinajstić information content (AvgIpc) is 2.93. The lowest BCUT2D eigenvalue weighted by molar-refractivity contribution is 0.292. The first-order valence-electron chi connectivity index (χ1n) is 14.0. The summed E-state index contributed by atoms with van der Waals surface area (Å²) in [6.07, 6.45) is 13.6. The molecule has 0 atom stereocenters. The van der Waals surface area contributed by atoms with Crippen LogP contribution < -0.4 is 4.74 Å². The molecule has 1 nitrogen and oxygen atoms in total. The number of rotatable bonds is 11. The Morgan fingerprint density at radius 3 is 1.95 bits per heavy atom. The predicted octanol–water partition coefficient (Wildman–Crippen LogP) is 9.84. The minimum atomic E-state index is -0.842. The van der Waals surface area contributed by atoms with E-state index in [9.17, 15) is 8.78 Å². The molecule has 0 heterocycles. The van der Waals surface area contributed by atoms with Crippen LogP contribution in [0.25, 0.3) is 11.1 Å². The molecule has 1 aliphatic rings. The van der Waals surface area contributed by atoms with Crippen molar-refractivity contribution in [3.63, 3.8) is 0 Å². The largest absolute Gasteiger partial charge is 0.490 e. The summed E-state index contributed by atoms with van der Waals surface area (Å²) < 4.78 is 34.4. The fourth-order valence-electron chi connectivity index (χ4n) is 5.36. The number of hydrogen-bond donors (Lipinski definition) is 0. The van der Waals surface area contributed by atoms with Crippen LogP contribution in [0.1, 0.15) is 81.4 Å². The molecular weight excluding hydrogens is 462 g/mol. The Morgan fingerprint density at radius 2 is 1.35 bits per heavy atom. The molecule has 0 aliphatic heterocycles. The molecule has 37 heavy (non-hydrogen) atoms. The van der Waals surface area contributed by atoms with Crippen LogP contribution in [-0.2, 0) is 12.8 Å². The van der Waals surface area contributed by atoms with Gasteiger partial charge in [0.05, 0.1) is 6.61 Å². The van der Waals surface area contributed by atoms with Crippen LogP contribution in [0.4, 0.5) is 8.78 Å². The third-order valence-electron chi connectivity index (χ3n) is 7.54. The quantitative estimate of drug-likeness (QED) is 0.237. The molecule has 3 aromatic carbocycles. The molecule has 0 amide bonds. The molecule has 0 saturated heterocycles. The Labute approximate surface area is 221 Å². The van der Waals surface area contributed by atoms with E-state index in [0.717, 1.165) is 51.4 Å². The zero-order chi connectivity index (χ0) is 26.0. The van der Waals surface area contributed by atoms with E-state index in [0.29, 0.717) is 18.1 Å². The van der Waals surface area contributed by atoms with Gasteiger partial charge in [0, 0.05) is 0 Å². The third kappa shape index (κ3) is 7.31. The third-order valence-corrected chi connectivity index (χ3v) is 7.54. The normalized spacial score (nSPS) is 17.8. The number of hydrogen-bond acceptors (Lipinski definition) is 1. The van der Waals surface area contributed by atoms with E-state index >= 15 is 0 Å². The van der Waals surface area contributed by atoms with Gasteiger partial charge in [0.2, 0.25) is 5.82 Å². The van der Waals surface area contributed by atoms with Crippen LogP contribution >= 0.6 is 0 Å². The number of allylic oxidation sites excluding steroid dienone is 2. The van der Waals surface area contributed by atoms with Crippen molar-refractivity contribution in [2.45, 2.75) is 77.6 Å². The topological polar surface area (TPSA) is 9.23 Å². The highest BCUT2D eigenvalue weighted by Crippen LogP contribution is 2.39. The van der Waals surface area contributed by atoms with Gasteiger partial charge in [-0.2, -0.15) is 4.39 Å². The van der Waals surface area contributed by atoms with Crippen LogP contribution in [0, 0.1) is 17.6 Å². The van der Waals surface area contributed by atoms with Crippen LogP contribution in [0.15, 0.2) is 72.8 Å². The van der Waals surface area contributed by atoms with Crippen molar-refractivity contribution in [1.82, 2.24) is 0 Å². The molecule has 1 saturated carbocycles. The molecule has 0 N–H and O–H groups in total. The summed E-state index contributed by atoms with van der Waals surface area (Å²) in [5, 5.41) is 0. The maximum Gasteiger partial charge on any atom is 0.200 e. The van der Waals surface area contributed by atoms with Crippen molar-refractivity contribution in [2.24, 2.45) is 5.92 Å². The maximum atomic E-state index is 14.7. The standard InChI is InChI=1S/C34H40F2O/c1-3-7-25-10-16-28(17-11-25)29-18-12-26(13-19-29)8-5-6-9-27-14-20-30(21-15-27)31-22-23-32(37-24-4-2)34(36)33(31)35/h6,9-13,16-19,22-23,27,30H,3-5,7-8,14-15,20-21,24H2,1-2H3. The van der Waals surface area contributed by atoms with Crippen molar-refractivity contribution in [2.75, 3.05) is 6.61 Å². The highest BCUT2D eigenvalue weighted by Gasteiger charge is 2.25. The van der Waals surface area contributed by atoms with E-state index in [1.54, 1.807) is 12.1 Å². The van der Waals surface area contributed by atoms with Gasteiger partial charge in [0.1, 0.15) is 0 Å². The lowest BCUT2D eigenvalue weighted by Gasteiger charge is -2.27. The second-order valence-electron chi connectivity index (χ2n) is 10.4. The van der Waals surface area contributed by atoms with Crippen molar-refractivity contribution < 1.29 is 13.5 Å². The summed E-state index contributed by atoms with van der Waals surface area (Å²) in [5.74, 6) is -0.941. The molecule has 1 aliphatic carbocycles. The molecule has 0 unspecified atom stereocenters. The summed E-state index contributed by atoms with van der Waals surface area (Å²) in [6.45, 7) is 4.55. The summed E-state index contributed by atoms with van der Waals surface area (Å²) in [4.78, 5) is 0. The number of ether oxygens (including phenoxy) is 1. The first-order valence-corrected chi connectivity index (χ1v) is 14.0. The van der Waals surface area contributed by atoms with Crippen LogP contribution in [0.2, 0.25) is 0 Å². The van der Waals surface area contributed by atoms with Gasteiger partial charge in [-0.3, -0.25) is 0 Å². The van der Waals surface area contributed by atoms with E-state index < -0.39 is 11.6 Å². The lowest BCUT2D eigenvalue weighted by Crippen LogP contribution is -2.14. The van der Waals surface area contributed by atoms with E-state index in [-0.39, 0.29) is 11.7 Å². The van der Waals surface area contributed by atoms with Gasteiger partial charge in [-0.1, -0.05) is 87.0 Å². The fourth-order valence-corrected chi connectivity index (χ4v) is 5.36. The molecule has 0 bridgehead atoms. The first-order chi connectivity index (χ1) is 18.1. The molecular formula is C34H40F2O. The average molecular weight is 503 g/mol. The summed E-state index contributed by atoms with van der Waals surface area (Å²) in [5.41, 5.74) is 5.78. The fraction of sp³-hybridized carbons (Fsp3) is 0.412. The van der Waals surface area contributed by atoms with E-state index in [4.69, 9.17) is 4.74 Å². The SMILES string of the molecule is CCCOc1ccc(C2CCC(C=CCCc3ccc(-c4ccc(CCC)cc4)cc3)CC2)c(F)c1F. The smallest absolute Gasteiger partial charge is 0.200 e. The Kier molecular flexibility index (Phi) is 9.93. The lowest BCUT2D eigenvalue weighted by atomic mass is 9.78. The molecule has 0 spiro atoms. The Hall–Kier alpha value is -2.94. The van der Waals surface area contributed by atoms with Gasteiger partial charge in [0.15, 0.2) is 11.6 Å². The monoisotopic (exact) mass is 502 g/mol. The van der Waals surface area contributed by atoms with E-state index in [1.807, 2.05) is 6.92 Å².